The maximum absolute atomic E-state index is 12.1. The molecule has 0 radical (unpaired) electrons. The molecule has 0 fully saturated rings. The average Bonchev–Trinajstić information content (AvgIpc) is 2.83. The summed E-state index contributed by atoms with van der Waals surface area (Å²) in [5.41, 5.74) is 4.44. The SMILES string of the molecule is Cc1ncsc1C(=O)Nc1cccc(CCCCl)c1. The van der Waals surface area contributed by atoms with Crippen LogP contribution >= 0.6 is 22.9 Å². The molecule has 1 N–H and O–H groups in total. The van der Waals surface area contributed by atoms with Gasteiger partial charge in [-0.15, -0.1) is 22.9 Å². The van der Waals surface area contributed by atoms with Gasteiger partial charge in [-0.3, -0.25) is 4.79 Å². The molecule has 100 valence electrons. The highest BCUT2D eigenvalue weighted by Gasteiger charge is 2.11. The van der Waals surface area contributed by atoms with Gasteiger partial charge in [0.1, 0.15) is 4.88 Å². The Morgan fingerprint density at radius 3 is 3.00 bits per heavy atom. The maximum Gasteiger partial charge on any atom is 0.267 e. The highest BCUT2D eigenvalue weighted by Crippen LogP contribution is 2.17. The van der Waals surface area contributed by atoms with E-state index in [0.29, 0.717) is 10.8 Å². The van der Waals surface area contributed by atoms with Crippen LogP contribution in [0.5, 0.6) is 0 Å². The lowest BCUT2D eigenvalue weighted by Crippen LogP contribution is -2.11. The molecule has 1 amide bonds. The van der Waals surface area contributed by atoms with Crippen LogP contribution in [0.15, 0.2) is 29.8 Å². The number of aromatic nitrogens is 1. The van der Waals surface area contributed by atoms with Crippen LogP contribution in [-0.2, 0) is 6.42 Å². The molecule has 2 rings (SSSR count). The van der Waals surface area contributed by atoms with E-state index in [9.17, 15) is 4.79 Å². The molecule has 0 aliphatic heterocycles. The molecule has 0 aliphatic carbocycles. The molecule has 0 aliphatic rings. The Morgan fingerprint density at radius 1 is 1.47 bits per heavy atom. The summed E-state index contributed by atoms with van der Waals surface area (Å²) in [5, 5.41) is 2.90. The number of amides is 1. The number of carbonyl (C=O) groups excluding carboxylic acids is 1. The van der Waals surface area contributed by atoms with Crippen LogP contribution < -0.4 is 5.32 Å². The minimum Gasteiger partial charge on any atom is -0.321 e. The number of thiazole rings is 1. The van der Waals surface area contributed by atoms with Gasteiger partial charge in [0.05, 0.1) is 11.2 Å². The van der Waals surface area contributed by atoms with Crippen molar-refractivity contribution in [3.63, 3.8) is 0 Å². The smallest absolute Gasteiger partial charge is 0.267 e. The Balaban J connectivity index is 2.07. The van der Waals surface area contributed by atoms with Crippen LogP contribution in [-0.4, -0.2) is 16.8 Å². The average molecular weight is 295 g/mol. The van der Waals surface area contributed by atoms with E-state index in [1.54, 1.807) is 5.51 Å². The molecule has 0 unspecified atom stereocenters. The van der Waals surface area contributed by atoms with Crippen molar-refractivity contribution in [2.24, 2.45) is 0 Å². The summed E-state index contributed by atoms with van der Waals surface area (Å²) < 4.78 is 0. The van der Waals surface area contributed by atoms with Crippen LogP contribution in [0.3, 0.4) is 0 Å². The van der Waals surface area contributed by atoms with Gasteiger partial charge in [0, 0.05) is 11.6 Å². The minimum atomic E-state index is -0.102. The Kier molecular flexibility index (Phi) is 4.93. The quantitative estimate of drug-likeness (QED) is 0.851. The topological polar surface area (TPSA) is 42.0 Å². The third kappa shape index (κ3) is 3.78. The number of rotatable bonds is 5. The van der Waals surface area contributed by atoms with Gasteiger partial charge in [0.2, 0.25) is 0 Å². The fourth-order valence-electron chi connectivity index (χ4n) is 1.78. The first-order valence-corrected chi connectivity index (χ1v) is 7.48. The molecule has 1 aromatic heterocycles. The highest BCUT2D eigenvalue weighted by molar-refractivity contribution is 7.12. The van der Waals surface area contributed by atoms with Crippen molar-refractivity contribution in [1.82, 2.24) is 4.98 Å². The van der Waals surface area contributed by atoms with Gasteiger partial charge in [-0.25, -0.2) is 4.98 Å². The van der Waals surface area contributed by atoms with Gasteiger partial charge < -0.3 is 5.32 Å². The first-order valence-electron chi connectivity index (χ1n) is 6.07. The Morgan fingerprint density at radius 2 is 2.32 bits per heavy atom. The van der Waals surface area contributed by atoms with E-state index < -0.39 is 0 Å². The lowest BCUT2D eigenvalue weighted by molar-refractivity contribution is 0.103. The fourth-order valence-corrected chi connectivity index (χ4v) is 2.61. The zero-order valence-corrected chi connectivity index (χ0v) is 12.2. The molecule has 2 aromatic rings. The number of aryl methyl sites for hydroxylation is 2. The second-order valence-corrected chi connectivity index (χ2v) is 5.45. The van der Waals surface area contributed by atoms with E-state index in [0.717, 1.165) is 24.2 Å². The number of anilines is 1. The summed E-state index contributed by atoms with van der Waals surface area (Å²) in [5.74, 6) is 0.547. The molecule has 5 heteroatoms. The monoisotopic (exact) mass is 294 g/mol. The van der Waals surface area contributed by atoms with Gasteiger partial charge >= 0.3 is 0 Å². The predicted octanol–water partition coefficient (Wildman–Crippen LogP) is 3.88. The lowest BCUT2D eigenvalue weighted by atomic mass is 10.1. The van der Waals surface area contributed by atoms with E-state index in [1.807, 2.05) is 31.2 Å². The maximum atomic E-state index is 12.1. The summed E-state index contributed by atoms with van der Waals surface area (Å²) in [6.07, 6.45) is 1.86. The van der Waals surface area contributed by atoms with Crippen molar-refractivity contribution >= 4 is 34.5 Å². The van der Waals surface area contributed by atoms with E-state index in [2.05, 4.69) is 10.3 Å². The summed E-state index contributed by atoms with van der Waals surface area (Å²) >= 11 is 7.04. The van der Waals surface area contributed by atoms with Gasteiger partial charge in [0.15, 0.2) is 0 Å². The molecule has 3 nitrogen and oxygen atoms in total. The van der Waals surface area contributed by atoms with Gasteiger partial charge in [-0.2, -0.15) is 0 Å². The van der Waals surface area contributed by atoms with Crippen LogP contribution in [0, 0.1) is 6.92 Å². The van der Waals surface area contributed by atoms with E-state index in [1.165, 1.54) is 16.9 Å². The third-order valence-electron chi connectivity index (χ3n) is 2.74. The molecule has 0 saturated carbocycles. The highest BCUT2D eigenvalue weighted by atomic mass is 35.5. The fraction of sp³-hybridized carbons (Fsp3) is 0.286. The summed E-state index contributed by atoms with van der Waals surface area (Å²) in [7, 11) is 0. The number of alkyl halides is 1. The second-order valence-electron chi connectivity index (χ2n) is 4.21. The first-order chi connectivity index (χ1) is 9.20. The molecule has 0 spiro atoms. The van der Waals surface area contributed by atoms with Crippen LogP contribution in [0.1, 0.15) is 27.3 Å². The molecule has 0 atom stereocenters. The number of carbonyl (C=O) groups is 1. The zero-order valence-electron chi connectivity index (χ0n) is 10.6. The van der Waals surface area contributed by atoms with Gasteiger partial charge in [0.25, 0.3) is 5.91 Å². The van der Waals surface area contributed by atoms with Crippen molar-refractivity contribution in [1.29, 1.82) is 0 Å². The molecule has 1 aromatic carbocycles. The van der Waals surface area contributed by atoms with Crippen LogP contribution in [0.4, 0.5) is 5.69 Å². The number of hydrogen-bond acceptors (Lipinski definition) is 3. The number of nitrogens with zero attached hydrogens (tertiary/aromatic N) is 1. The van der Waals surface area contributed by atoms with Crippen molar-refractivity contribution in [2.75, 3.05) is 11.2 Å². The summed E-state index contributed by atoms with van der Waals surface area (Å²) in [6.45, 7) is 1.84. The van der Waals surface area contributed by atoms with Gasteiger partial charge in [-0.1, -0.05) is 12.1 Å². The van der Waals surface area contributed by atoms with Crippen LogP contribution in [0.2, 0.25) is 0 Å². The Bertz CT molecular complexity index is 568. The lowest BCUT2D eigenvalue weighted by Gasteiger charge is -2.06. The number of halogens is 1. The molecular formula is C14H15ClN2OS. The molecule has 0 bridgehead atoms. The standard InChI is InChI=1S/C14H15ClN2OS/c1-10-13(19-9-16-10)14(18)17-12-6-2-4-11(8-12)5-3-7-15/h2,4,6,8-9H,3,5,7H2,1H3,(H,17,18). The van der Waals surface area contributed by atoms with E-state index in [-0.39, 0.29) is 5.91 Å². The molecular weight excluding hydrogens is 280 g/mol. The third-order valence-corrected chi connectivity index (χ3v) is 3.93. The number of hydrogen-bond donors (Lipinski definition) is 1. The van der Waals surface area contributed by atoms with Crippen LogP contribution in [0.25, 0.3) is 0 Å². The van der Waals surface area contributed by atoms with Crippen molar-refractivity contribution in [3.05, 3.63) is 45.9 Å². The van der Waals surface area contributed by atoms with E-state index >= 15 is 0 Å². The number of benzene rings is 1. The zero-order chi connectivity index (χ0) is 13.7. The second kappa shape index (κ2) is 6.68. The normalized spacial score (nSPS) is 10.4. The van der Waals surface area contributed by atoms with Crippen molar-refractivity contribution in [3.8, 4) is 0 Å². The Labute approximate surface area is 121 Å². The van der Waals surface area contributed by atoms with E-state index in [4.69, 9.17) is 11.6 Å². The minimum absolute atomic E-state index is 0.102. The van der Waals surface area contributed by atoms with Crippen molar-refractivity contribution in [2.45, 2.75) is 19.8 Å². The summed E-state index contributed by atoms with van der Waals surface area (Å²) in [4.78, 5) is 16.8. The number of nitrogens with one attached hydrogen (secondary N) is 1. The molecule has 0 saturated heterocycles. The summed E-state index contributed by atoms with van der Waals surface area (Å²) in [6, 6.07) is 7.86. The van der Waals surface area contributed by atoms with Crippen molar-refractivity contribution < 1.29 is 4.79 Å². The first kappa shape index (κ1) is 14.0. The predicted molar refractivity (Wildman–Crippen MR) is 80.3 cm³/mol. The molecule has 19 heavy (non-hydrogen) atoms. The largest absolute Gasteiger partial charge is 0.321 e. The van der Waals surface area contributed by atoms with Gasteiger partial charge in [-0.05, 0) is 37.5 Å². The Hall–Kier alpha value is -1.39. The molecule has 1 heterocycles.